The zero-order valence-corrected chi connectivity index (χ0v) is 17.1. The molecule has 0 aliphatic heterocycles. The monoisotopic (exact) mass is 417 g/mol. The van der Waals surface area contributed by atoms with Gasteiger partial charge in [0.2, 0.25) is 0 Å². The van der Waals surface area contributed by atoms with Gasteiger partial charge in [0.1, 0.15) is 0 Å². The normalized spacial score (nSPS) is 23.3. The van der Waals surface area contributed by atoms with Gasteiger partial charge in [-0.05, 0) is 55.2 Å². The van der Waals surface area contributed by atoms with Crippen LogP contribution in [0.1, 0.15) is 63.9 Å². The van der Waals surface area contributed by atoms with Crippen LogP contribution in [-0.2, 0) is 14.3 Å². The van der Waals surface area contributed by atoms with E-state index in [9.17, 15) is 19.2 Å². The first-order valence-corrected chi connectivity index (χ1v) is 10.8. The number of amides is 1. The Balaban J connectivity index is 1.20. The number of esters is 1. The van der Waals surface area contributed by atoms with E-state index < -0.39 is 5.91 Å². The first kappa shape index (κ1) is 19.7. The summed E-state index contributed by atoms with van der Waals surface area (Å²) in [5.74, 6) is 0.508. The Morgan fingerprint density at radius 2 is 1.61 bits per heavy atom. The van der Waals surface area contributed by atoms with E-state index in [0.29, 0.717) is 40.6 Å². The van der Waals surface area contributed by atoms with Crippen molar-refractivity contribution in [2.24, 2.45) is 17.8 Å². The van der Waals surface area contributed by atoms with Gasteiger partial charge in [-0.3, -0.25) is 19.2 Å². The third-order valence-electron chi connectivity index (χ3n) is 6.89. The van der Waals surface area contributed by atoms with Crippen molar-refractivity contribution in [2.75, 3.05) is 11.9 Å². The van der Waals surface area contributed by atoms with Crippen LogP contribution in [-0.4, -0.2) is 30.0 Å². The number of anilines is 1. The Labute approximate surface area is 180 Å². The third-order valence-corrected chi connectivity index (χ3v) is 6.89. The van der Waals surface area contributed by atoms with E-state index in [-0.39, 0.29) is 29.7 Å². The Morgan fingerprint density at radius 1 is 0.903 bits per heavy atom. The quantitative estimate of drug-likeness (QED) is 0.639. The zero-order chi connectivity index (χ0) is 21.5. The fourth-order valence-electron chi connectivity index (χ4n) is 5.42. The van der Waals surface area contributed by atoms with Crippen molar-refractivity contribution < 1.29 is 23.9 Å². The maximum Gasteiger partial charge on any atom is 0.306 e. The lowest BCUT2D eigenvalue weighted by Crippen LogP contribution is -2.24. The van der Waals surface area contributed by atoms with Gasteiger partial charge in [0, 0.05) is 34.4 Å². The molecule has 2 aromatic rings. The maximum absolute atomic E-state index is 12.8. The second kappa shape index (κ2) is 7.76. The molecule has 0 spiro atoms. The molecule has 5 rings (SSSR count). The highest BCUT2D eigenvalue weighted by atomic mass is 16.5. The van der Waals surface area contributed by atoms with Gasteiger partial charge in [0.25, 0.3) is 5.91 Å². The number of nitrogens with one attached hydrogen (secondary N) is 1. The highest BCUT2D eigenvalue weighted by Crippen LogP contribution is 2.49. The smallest absolute Gasteiger partial charge is 0.306 e. The predicted octanol–water partition coefficient (Wildman–Crippen LogP) is 3.77. The molecule has 3 aliphatic carbocycles. The number of ketones is 2. The largest absolute Gasteiger partial charge is 0.456 e. The lowest BCUT2D eigenvalue weighted by molar-refractivity contribution is -0.148. The summed E-state index contributed by atoms with van der Waals surface area (Å²) in [7, 11) is 0. The Morgan fingerprint density at radius 3 is 2.29 bits per heavy atom. The van der Waals surface area contributed by atoms with E-state index in [1.54, 1.807) is 36.4 Å². The molecule has 2 fully saturated rings. The minimum absolute atomic E-state index is 0.211. The second-order valence-corrected chi connectivity index (χ2v) is 8.81. The predicted molar refractivity (Wildman–Crippen MR) is 113 cm³/mol. The molecule has 3 atom stereocenters. The number of benzene rings is 2. The molecule has 2 aromatic carbocycles. The van der Waals surface area contributed by atoms with Crippen LogP contribution in [0.25, 0.3) is 0 Å². The average Bonchev–Trinajstić information content (AvgIpc) is 3.39. The molecular formula is C25H23NO5. The molecular weight excluding hydrogens is 394 g/mol. The number of fused-ring (bicyclic) bond motifs is 4. The van der Waals surface area contributed by atoms with Gasteiger partial charge < -0.3 is 10.1 Å². The van der Waals surface area contributed by atoms with Gasteiger partial charge in [-0.25, -0.2) is 0 Å². The van der Waals surface area contributed by atoms with Crippen molar-refractivity contribution in [3.8, 4) is 0 Å². The van der Waals surface area contributed by atoms with Crippen LogP contribution in [0.5, 0.6) is 0 Å². The number of ether oxygens (including phenoxy) is 1. The molecule has 6 heteroatoms. The van der Waals surface area contributed by atoms with Gasteiger partial charge in [0.15, 0.2) is 18.2 Å². The molecule has 158 valence electrons. The van der Waals surface area contributed by atoms with Crippen molar-refractivity contribution in [3.63, 3.8) is 0 Å². The summed E-state index contributed by atoms with van der Waals surface area (Å²) in [6.45, 7) is -0.369. The van der Waals surface area contributed by atoms with Crippen LogP contribution in [0.2, 0.25) is 0 Å². The molecule has 1 amide bonds. The molecule has 3 aliphatic rings. The fraction of sp³-hybridized carbons (Fsp3) is 0.360. The lowest BCUT2D eigenvalue weighted by Gasteiger charge is -2.20. The summed E-state index contributed by atoms with van der Waals surface area (Å²) in [5.41, 5.74) is 1.71. The van der Waals surface area contributed by atoms with Gasteiger partial charge >= 0.3 is 5.97 Å². The van der Waals surface area contributed by atoms with E-state index in [2.05, 4.69) is 5.32 Å². The highest BCUT2D eigenvalue weighted by molar-refractivity contribution is 6.28. The van der Waals surface area contributed by atoms with Crippen LogP contribution in [0.4, 0.5) is 5.69 Å². The van der Waals surface area contributed by atoms with E-state index in [1.807, 2.05) is 0 Å². The first-order valence-electron chi connectivity index (χ1n) is 10.8. The Hall–Kier alpha value is -3.28. The van der Waals surface area contributed by atoms with Gasteiger partial charge in [-0.2, -0.15) is 0 Å². The SMILES string of the molecule is O=C(COC(=O)C[C@@H]1C[C@@H]2CC[C@@H]1C2)Nc1ccc2c(c1)C(=O)c1ccccc1C2=O. The molecule has 0 heterocycles. The topological polar surface area (TPSA) is 89.5 Å². The molecule has 0 saturated heterocycles. The fourth-order valence-corrected chi connectivity index (χ4v) is 5.42. The summed E-state index contributed by atoms with van der Waals surface area (Å²) >= 11 is 0. The summed E-state index contributed by atoms with van der Waals surface area (Å²) in [6.07, 6.45) is 5.18. The van der Waals surface area contributed by atoms with E-state index >= 15 is 0 Å². The van der Waals surface area contributed by atoms with E-state index in [0.717, 1.165) is 12.3 Å². The first-order chi connectivity index (χ1) is 15.0. The van der Waals surface area contributed by atoms with Crippen molar-refractivity contribution in [1.82, 2.24) is 0 Å². The standard InChI is InChI=1S/C25H23NO5/c27-22(13-31-23(28)11-16-10-14-5-6-15(16)9-14)26-17-7-8-20-21(12-17)25(30)19-4-2-1-3-18(19)24(20)29/h1-4,7-8,12,14-16H,5-6,9-11,13H2,(H,26,27)/t14-,15-,16+/m1/s1. The highest BCUT2D eigenvalue weighted by Gasteiger charge is 2.40. The summed E-state index contributed by atoms with van der Waals surface area (Å²) < 4.78 is 5.17. The van der Waals surface area contributed by atoms with Crippen LogP contribution in [0.15, 0.2) is 42.5 Å². The number of hydrogen-bond donors (Lipinski definition) is 1. The number of rotatable bonds is 5. The number of carbonyl (C=O) groups is 4. The van der Waals surface area contributed by atoms with E-state index in [4.69, 9.17) is 4.74 Å². The van der Waals surface area contributed by atoms with Crippen LogP contribution >= 0.6 is 0 Å². The summed E-state index contributed by atoms with van der Waals surface area (Å²) in [5, 5.41) is 2.65. The van der Waals surface area contributed by atoms with Crippen molar-refractivity contribution in [2.45, 2.75) is 32.1 Å². The van der Waals surface area contributed by atoms with Crippen LogP contribution in [0.3, 0.4) is 0 Å². The number of hydrogen-bond acceptors (Lipinski definition) is 5. The Bertz CT molecular complexity index is 1100. The molecule has 1 N–H and O–H groups in total. The van der Waals surface area contributed by atoms with Crippen molar-refractivity contribution in [1.29, 1.82) is 0 Å². The molecule has 0 radical (unpaired) electrons. The minimum atomic E-state index is -0.476. The summed E-state index contributed by atoms with van der Waals surface area (Å²) in [4.78, 5) is 49.8. The lowest BCUT2D eigenvalue weighted by atomic mass is 9.84. The van der Waals surface area contributed by atoms with Gasteiger partial charge in [-0.15, -0.1) is 0 Å². The maximum atomic E-state index is 12.8. The molecule has 0 unspecified atom stereocenters. The van der Waals surface area contributed by atoms with Crippen molar-refractivity contribution >= 4 is 29.1 Å². The zero-order valence-electron chi connectivity index (χ0n) is 17.1. The third kappa shape index (κ3) is 3.67. The van der Waals surface area contributed by atoms with Crippen LogP contribution < -0.4 is 5.32 Å². The molecule has 0 aromatic heterocycles. The number of carbonyl (C=O) groups excluding carboxylic acids is 4. The Kier molecular flexibility index (Phi) is 4.93. The minimum Gasteiger partial charge on any atom is -0.456 e. The van der Waals surface area contributed by atoms with Crippen LogP contribution in [0, 0.1) is 17.8 Å². The molecule has 2 saturated carbocycles. The molecule has 2 bridgehead atoms. The second-order valence-electron chi connectivity index (χ2n) is 8.81. The molecule has 6 nitrogen and oxygen atoms in total. The van der Waals surface area contributed by atoms with Crippen molar-refractivity contribution in [3.05, 3.63) is 64.7 Å². The van der Waals surface area contributed by atoms with Gasteiger partial charge in [0.05, 0.1) is 0 Å². The summed E-state index contributed by atoms with van der Waals surface area (Å²) in [6, 6.07) is 11.3. The molecule has 31 heavy (non-hydrogen) atoms. The average molecular weight is 417 g/mol. The van der Waals surface area contributed by atoms with E-state index in [1.165, 1.54) is 25.3 Å². The van der Waals surface area contributed by atoms with Gasteiger partial charge in [-0.1, -0.05) is 30.7 Å².